The molecule has 1 aromatic heterocycles. The maximum Gasteiger partial charge on any atom is 0.261 e. The van der Waals surface area contributed by atoms with Gasteiger partial charge in [-0.05, 0) is 49.1 Å². The van der Waals surface area contributed by atoms with Crippen LogP contribution in [0.3, 0.4) is 0 Å². The fraction of sp³-hybridized carbons (Fsp3) is 0.333. The zero-order chi connectivity index (χ0) is 19.6. The molecule has 0 atom stereocenters. The second-order valence-electron chi connectivity index (χ2n) is 7.09. The molecule has 1 N–H and O–H groups in total. The number of anilines is 1. The van der Waals surface area contributed by atoms with Gasteiger partial charge in [-0.2, -0.15) is 0 Å². The van der Waals surface area contributed by atoms with Gasteiger partial charge in [0, 0.05) is 24.2 Å². The zero-order valence-corrected chi connectivity index (χ0v) is 16.7. The van der Waals surface area contributed by atoms with Crippen LogP contribution in [0.2, 0.25) is 0 Å². The van der Waals surface area contributed by atoms with Crippen LogP contribution in [0.25, 0.3) is 11.4 Å². The Morgan fingerprint density at radius 1 is 1.04 bits per heavy atom. The molecule has 0 unspecified atom stereocenters. The number of aryl methyl sites for hydroxylation is 2. The first kappa shape index (κ1) is 18.7. The summed E-state index contributed by atoms with van der Waals surface area (Å²) in [7, 11) is -3.64. The molecular weight excluding hydrogens is 372 g/mol. The highest BCUT2D eigenvalue weighted by Gasteiger charge is 2.18. The summed E-state index contributed by atoms with van der Waals surface area (Å²) in [5.74, 6) is 1.81. The number of aromatic nitrogens is 3. The van der Waals surface area contributed by atoms with Crippen LogP contribution in [0.4, 0.5) is 5.69 Å². The predicted molar refractivity (Wildman–Crippen MR) is 110 cm³/mol. The molecule has 0 amide bonds. The van der Waals surface area contributed by atoms with Gasteiger partial charge in [0.05, 0.1) is 4.90 Å². The van der Waals surface area contributed by atoms with Gasteiger partial charge >= 0.3 is 0 Å². The fourth-order valence-corrected chi connectivity index (χ4v) is 4.59. The third kappa shape index (κ3) is 3.80. The molecule has 0 spiro atoms. The normalized spacial score (nSPS) is 14.3. The van der Waals surface area contributed by atoms with Crippen LogP contribution in [0, 0.1) is 0 Å². The van der Waals surface area contributed by atoms with Crippen molar-refractivity contribution in [3.05, 3.63) is 59.9 Å². The minimum atomic E-state index is -3.64. The van der Waals surface area contributed by atoms with Gasteiger partial charge in [-0.3, -0.25) is 4.72 Å². The summed E-state index contributed by atoms with van der Waals surface area (Å²) in [6.07, 6.45) is 5.25. The Bertz CT molecular complexity index is 1070. The number of sulfonamides is 1. The predicted octanol–water partition coefficient (Wildman–Crippen LogP) is 4.03. The molecular formula is C21H24N4O2S. The van der Waals surface area contributed by atoms with E-state index in [1.54, 1.807) is 18.2 Å². The van der Waals surface area contributed by atoms with Crippen molar-refractivity contribution < 1.29 is 8.42 Å². The minimum absolute atomic E-state index is 0.256. The molecule has 1 aliphatic rings. The molecule has 4 rings (SSSR count). The van der Waals surface area contributed by atoms with Crippen LogP contribution in [-0.2, 0) is 29.4 Å². The molecule has 0 radical (unpaired) electrons. The van der Waals surface area contributed by atoms with E-state index in [9.17, 15) is 8.42 Å². The lowest BCUT2D eigenvalue weighted by atomic mass is 10.2. The van der Waals surface area contributed by atoms with Crippen LogP contribution >= 0.6 is 0 Å². The summed E-state index contributed by atoms with van der Waals surface area (Å²) >= 11 is 0. The number of fused-ring (bicyclic) bond motifs is 1. The van der Waals surface area contributed by atoms with Gasteiger partial charge < -0.3 is 4.57 Å². The maximum absolute atomic E-state index is 12.7. The molecule has 0 aliphatic carbocycles. The van der Waals surface area contributed by atoms with Gasteiger partial charge in [-0.15, -0.1) is 10.2 Å². The molecule has 2 aromatic carbocycles. The Morgan fingerprint density at radius 3 is 2.64 bits per heavy atom. The van der Waals surface area contributed by atoms with E-state index in [1.807, 2.05) is 37.3 Å². The molecule has 1 aliphatic heterocycles. The first-order chi connectivity index (χ1) is 13.6. The van der Waals surface area contributed by atoms with E-state index in [0.717, 1.165) is 55.0 Å². The smallest absolute Gasteiger partial charge is 0.261 e. The lowest BCUT2D eigenvalue weighted by Gasteiger charge is -2.11. The first-order valence-electron chi connectivity index (χ1n) is 9.71. The highest BCUT2D eigenvalue weighted by atomic mass is 32.2. The average molecular weight is 397 g/mol. The van der Waals surface area contributed by atoms with E-state index in [-0.39, 0.29) is 4.90 Å². The number of nitrogens with zero attached hydrogens (tertiary/aromatic N) is 3. The summed E-state index contributed by atoms with van der Waals surface area (Å²) in [5, 5.41) is 8.70. The second kappa shape index (κ2) is 7.75. The topological polar surface area (TPSA) is 76.9 Å². The average Bonchev–Trinajstić information content (AvgIpc) is 2.96. The third-order valence-corrected chi connectivity index (χ3v) is 6.52. The van der Waals surface area contributed by atoms with Gasteiger partial charge in [0.1, 0.15) is 5.82 Å². The van der Waals surface area contributed by atoms with E-state index in [0.29, 0.717) is 5.69 Å². The van der Waals surface area contributed by atoms with Crippen molar-refractivity contribution >= 4 is 15.7 Å². The van der Waals surface area contributed by atoms with Gasteiger partial charge in [-0.1, -0.05) is 37.6 Å². The van der Waals surface area contributed by atoms with Crippen molar-refractivity contribution in [2.45, 2.75) is 50.5 Å². The summed E-state index contributed by atoms with van der Waals surface area (Å²) < 4.78 is 30.3. The molecule has 3 aromatic rings. The summed E-state index contributed by atoms with van der Waals surface area (Å²) in [6, 6.07) is 14.3. The maximum atomic E-state index is 12.7. The Balaban J connectivity index is 1.61. The van der Waals surface area contributed by atoms with Crippen LogP contribution in [0.1, 0.15) is 37.6 Å². The fourth-order valence-electron chi connectivity index (χ4n) is 3.54. The quantitative estimate of drug-likeness (QED) is 0.706. The van der Waals surface area contributed by atoms with Gasteiger partial charge in [0.25, 0.3) is 10.0 Å². The third-order valence-electron chi connectivity index (χ3n) is 5.12. The molecule has 6 nitrogen and oxygen atoms in total. The van der Waals surface area contributed by atoms with E-state index in [2.05, 4.69) is 19.5 Å². The second-order valence-corrected chi connectivity index (χ2v) is 8.77. The zero-order valence-electron chi connectivity index (χ0n) is 15.9. The molecule has 0 saturated heterocycles. The van der Waals surface area contributed by atoms with Gasteiger partial charge in [-0.25, -0.2) is 8.42 Å². The van der Waals surface area contributed by atoms with Crippen molar-refractivity contribution in [1.82, 2.24) is 14.8 Å². The van der Waals surface area contributed by atoms with E-state index < -0.39 is 10.0 Å². The van der Waals surface area contributed by atoms with Crippen LogP contribution < -0.4 is 4.72 Å². The molecule has 0 saturated carbocycles. The summed E-state index contributed by atoms with van der Waals surface area (Å²) in [5.41, 5.74) is 2.48. The lowest BCUT2D eigenvalue weighted by Crippen LogP contribution is -2.13. The van der Waals surface area contributed by atoms with E-state index in [1.165, 1.54) is 6.42 Å². The highest BCUT2D eigenvalue weighted by molar-refractivity contribution is 7.92. The van der Waals surface area contributed by atoms with E-state index in [4.69, 9.17) is 0 Å². The van der Waals surface area contributed by atoms with Crippen LogP contribution in [0.5, 0.6) is 0 Å². The SMILES string of the molecule is CCc1ccc(S(=O)(=O)Nc2cccc(-c3nnc4n3CCCCC4)c2)cc1. The van der Waals surface area contributed by atoms with Crippen LogP contribution in [-0.4, -0.2) is 23.2 Å². The number of hydrogen-bond acceptors (Lipinski definition) is 4. The molecule has 146 valence electrons. The number of hydrogen-bond donors (Lipinski definition) is 1. The molecule has 28 heavy (non-hydrogen) atoms. The van der Waals surface area contributed by atoms with Crippen molar-refractivity contribution in [2.24, 2.45) is 0 Å². The Hall–Kier alpha value is -2.67. The number of rotatable bonds is 5. The van der Waals surface area contributed by atoms with Crippen molar-refractivity contribution in [3.63, 3.8) is 0 Å². The molecule has 0 bridgehead atoms. The van der Waals surface area contributed by atoms with Crippen molar-refractivity contribution in [3.8, 4) is 11.4 Å². The van der Waals surface area contributed by atoms with Crippen molar-refractivity contribution in [1.29, 1.82) is 0 Å². The molecule has 0 fully saturated rings. The Morgan fingerprint density at radius 2 is 1.86 bits per heavy atom. The first-order valence-corrected chi connectivity index (χ1v) is 11.2. The Kier molecular flexibility index (Phi) is 5.17. The number of nitrogens with one attached hydrogen (secondary N) is 1. The van der Waals surface area contributed by atoms with Crippen LogP contribution in [0.15, 0.2) is 53.4 Å². The van der Waals surface area contributed by atoms with Crippen molar-refractivity contribution in [2.75, 3.05) is 4.72 Å². The Labute approximate surface area is 165 Å². The van der Waals surface area contributed by atoms with Gasteiger partial charge in [0.2, 0.25) is 0 Å². The largest absolute Gasteiger partial charge is 0.311 e. The highest BCUT2D eigenvalue weighted by Crippen LogP contribution is 2.26. The number of benzene rings is 2. The lowest BCUT2D eigenvalue weighted by molar-refractivity contribution is 0.601. The minimum Gasteiger partial charge on any atom is -0.311 e. The molecule has 2 heterocycles. The monoisotopic (exact) mass is 396 g/mol. The molecule has 7 heteroatoms. The summed E-state index contributed by atoms with van der Waals surface area (Å²) in [4.78, 5) is 0.256. The standard InChI is InChI=1S/C21H24N4O2S/c1-2-16-10-12-19(13-11-16)28(26,27)24-18-8-6-7-17(15-18)21-23-22-20-9-4-3-5-14-25(20)21/h6-8,10-13,15,24H,2-5,9,14H2,1H3. The summed E-state index contributed by atoms with van der Waals surface area (Å²) in [6.45, 7) is 2.94. The van der Waals surface area contributed by atoms with Gasteiger partial charge in [0.15, 0.2) is 5.82 Å². The van der Waals surface area contributed by atoms with E-state index >= 15 is 0 Å².